The maximum atomic E-state index is 13.5. The van der Waals surface area contributed by atoms with E-state index < -0.39 is 5.82 Å². The molecule has 1 aromatic carbocycles. The fourth-order valence-electron chi connectivity index (χ4n) is 1.86. The van der Waals surface area contributed by atoms with E-state index in [0.29, 0.717) is 18.6 Å². The van der Waals surface area contributed by atoms with E-state index in [9.17, 15) is 8.78 Å². The minimum atomic E-state index is -0.394. The van der Waals surface area contributed by atoms with Gasteiger partial charge in [-0.1, -0.05) is 13.8 Å². The standard InChI is InChI=1S/C14H21F2NO/c1-14(2,10-17-6-7-18-3)9-11-8-12(15)4-5-13(11)16/h4-5,8,17H,6-7,9-10H2,1-3H3. The van der Waals surface area contributed by atoms with Crippen molar-refractivity contribution in [3.8, 4) is 0 Å². The molecule has 1 aromatic rings. The normalized spacial score (nSPS) is 11.8. The summed E-state index contributed by atoms with van der Waals surface area (Å²) in [5, 5.41) is 3.24. The second-order valence-electron chi connectivity index (χ2n) is 5.25. The van der Waals surface area contributed by atoms with Crippen LogP contribution in [0.25, 0.3) is 0 Å². The topological polar surface area (TPSA) is 21.3 Å². The second kappa shape index (κ2) is 6.81. The SMILES string of the molecule is COCCNCC(C)(C)Cc1cc(F)ccc1F. The quantitative estimate of drug-likeness (QED) is 0.758. The van der Waals surface area contributed by atoms with E-state index in [2.05, 4.69) is 5.32 Å². The molecule has 0 saturated heterocycles. The van der Waals surface area contributed by atoms with Crippen molar-refractivity contribution < 1.29 is 13.5 Å². The van der Waals surface area contributed by atoms with E-state index in [1.165, 1.54) is 12.1 Å². The maximum Gasteiger partial charge on any atom is 0.126 e. The van der Waals surface area contributed by atoms with Crippen LogP contribution in [0.4, 0.5) is 8.78 Å². The predicted molar refractivity (Wildman–Crippen MR) is 68.6 cm³/mol. The number of rotatable bonds is 7. The molecule has 0 radical (unpaired) electrons. The first-order chi connectivity index (χ1) is 8.44. The summed E-state index contributed by atoms with van der Waals surface area (Å²) in [5.74, 6) is -0.740. The number of hydrogen-bond donors (Lipinski definition) is 1. The summed E-state index contributed by atoms with van der Waals surface area (Å²) in [4.78, 5) is 0. The summed E-state index contributed by atoms with van der Waals surface area (Å²) >= 11 is 0. The van der Waals surface area contributed by atoms with Gasteiger partial charge in [0.2, 0.25) is 0 Å². The molecule has 18 heavy (non-hydrogen) atoms. The van der Waals surface area contributed by atoms with Crippen molar-refractivity contribution in [3.63, 3.8) is 0 Å². The lowest BCUT2D eigenvalue weighted by Gasteiger charge is -2.25. The van der Waals surface area contributed by atoms with Gasteiger partial charge in [0, 0.05) is 20.2 Å². The van der Waals surface area contributed by atoms with Crippen LogP contribution in [0.1, 0.15) is 19.4 Å². The summed E-state index contributed by atoms with van der Waals surface area (Å²) in [6.45, 7) is 6.18. The van der Waals surface area contributed by atoms with Crippen LogP contribution in [0, 0.1) is 17.0 Å². The Labute approximate surface area is 107 Å². The molecule has 0 fully saturated rings. The average molecular weight is 257 g/mol. The molecule has 0 heterocycles. The highest BCUT2D eigenvalue weighted by molar-refractivity contribution is 5.20. The minimum absolute atomic E-state index is 0.137. The molecule has 0 amide bonds. The van der Waals surface area contributed by atoms with Crippen LogP contribution < -0.4 is 5.32 Å². The van der Waals surface area contributed by atoms with E-state index >= 15 is 0 Å². The molecule has 102 valence electrons. The predicted octanol–water partition coefficient (Wildman–Crippen LogP) is 2.77. The molecule has 2 nitrogen and oxygen atoms in total. The summed E-state index contributed by atoms with van der Waals surface area (Å²) in [6, 6.07) is 3.59. The Bertz CT molecular complexity index is 380. The van der Waals surface area contributed by atoms with Gasteiger partial charge < -0.3 is 10.1 Å². The largest absolute Gasteiger partial charge is 0.383 e. The van der Waals surface area contributed by atoms with E-state index in [1.807, 2.05) is 13.8 Å². The zero-order chi connectivity index (χ0) is 13.6. The van der Waals surface area contributed by atoms with Crippen LogP contribution in [0.5, 0.6) is 0 Å². The summed E-state index contributed by atoms with van der Waals surface area (Å²) in [7, 11) is 1.65. The number of methoxy groups -OCH3 is 1. The van der Waals surface area contributed by atoms with Crippen molar-refractivity contribution in [1.82, 2.24) is 5.32 Å². The van der Waals surface area contributed by atoms with Crippen molar-refractivity contribution in [2.45, 2.75) is 20.3 Å². The van der Waals surface area contributed by atoms with Gasteiger partial charge in [-0.15, -0.1) is 0 Å². The molecule has 0 aromatic heterocycles. The van der Waals surface area contributed by atoms with Gasteiger partial charge >= 0.3 is 0 Å². The van der Waals surface area contributed by atoms with E-state index in [-0.39, 0.29) is 11.2 Å². The van der Waals surface area contributed by atoms with Gasteiger partial charge in [0.1, 0.15) is 11.6 Å². The highest BCUT2D eigenvalue weighted by atomic mass is 19.1. The van der Waals surface area contributed by atoms with Crippen LogP contribution in [0.2, 0.25) is 0 Å². The van der Waals surface area contributed by atoms with Crippen molar-refractivity contribution in [3.05, 3.63) is 35.4 Å². The minimum Gasteiger partial charge on any atom is -0.383 e. The maximum absolute atomic E-state index is 13.5. The first-order valence-corrected chi connectivity index (χ1v) is 6.08. The highest BCUT2D eigenvalue weighted by Crippen LogP contribution is 2.23. The van der Waals surface area contributed by atoms with Crippen LogP contribution >= 0.6 is 0 Å². The molecule has 1 N–H and O–H groups in total. The Morgan fingerprint density at radius 2 is 2.00 bits per heavy atom. The van der Waals surface area contributed by atoms with Gasteiger partial charge in [0.05, 0.1) is 6.61 Å². The van der Waals surface area contributed by atoms with Crippen LogP contribution in [0.15, 0.2) is 18.2 Å². The van der Waals surface area contributed by atoms with Gasteiger partial charge in [0.25, 0.3) is 0 Å². The van der Waals surface area contributed by atoms with Crippen molar-refractivity contribution in [2.24, 2.45) is 5.41 Å². The van der Waals surface area contributed by atoms with Crippen molar-refractivity contribution >= 4 is 0 Å². The third-order valence-corrected chi connectivity index (χ3v) is 2.76. The molecular weight excluding hydrogens is 236 g/mol. The van der Waals surface area contributed by atoms with Crippen LogP contribution in [-0.4, -0.2) is 26.8 Å². The summed E-state index contributed by atoms with van der Waals surface area (Å²) < 4.78 is 31.5. The Kier molecular flexibility index (Phi) is 5.69. The van der Waals surface area contributed by atoms with Crippen molar-refractivity contribution in [2.75, 3.05) is 26.8 Å². The van der Waals surface area contributed by atoms with Gasteiger partial charge in [-0.05, 0) is 35.6 Å². The third-order valence-electron chi connectivity index (χ3n) is 2.76. The molecule has 0 aliphatic carbocycles. The summed E-state index contributed by atoms with van der Waals surface area (Å²) in [5.41, 5.74) is 0.288. The Hall–Kier alpha value is -1.00. The number of ether oxygens (including phenoxy) is 1. The molecule has 0 spiro atoms. The number of hydrogen-bond acceptors (Lipinski definition) is 2. The third kappa shape index (κ3) is 5.10. The molecule has 0 unspecified atom stereocenters. The second-order valence-corrected chi connectivity index (χ2v) is 5.25. The molecular formula is C14H21F2NO. The molecule has 1 rings (SSSR count). The Balaban J connectivity index is 2.55. The monoisotopic (exact) mass is 257 g/mol. The average Bonchev–Trinajstić information content (AvgIpc) is 2.29. The number of benzene rings is 1. The zero-order valence-electron chi connectivity index (χ0n) is 11.2. The van der Waals surface area contributed by atoms with E-state index in [0.717, 1.165) is 19.2 Å². The Morgan fingerprint density at radius 3 is 2.67 bits per heavy atom. The first kappa shape index (κ1) is 15.1. The molecule has 0 atom stereocenters. The van der Waals surface area contributed by atoms with Crippen LogP contribution in [-0.2, 0) is 11.2 Å². The molecule has 4 heteroatoms. The van der Waals surface area contributed by atoms with Gasteiger partial charge in [-0.3, -0.25) is 0 Å². The van der Waals surface area contributed by atoms with E-state index in [1.54, 1.807) is 7.11 Å². The van der Waals surface area contributed by atoms with E-state index in [4.69, 9.17) is 4.74 Å². The van der Waals surface area contributed by atoms with Gasteiger partial charge in [-0.25, -0.2) is 8.78 Å². The molecule has 0 bridgehead atoms. The number of halogens is 2. The number of nitrogens with one attached hydrogen (secondary N) is 1. The fourth-order valence-corrected chi connectivity index (χ4v) is 1.86. The highest BCUT2D eigenvalue weighted by Gasteiger charge is 2.20. The van der Waals surface area contributed by atoms with Crippen molar-refractivity contribution in [1.29, 1.82) is 0 Å². The Morgan fingerprint density at radius 1 is 1.28 bits per heavy atom. The molecule has 0 aliphatic rings. The summed E-state index contributed by atoms with van der Waals surface area (Å²) in [6.07, 6.45) is 0.497. The lowest BCUT2D eigenvalue weighted by molar-refractivity contribution is 0.193. The zero-order valence-corrected chi connectivity index (χ0v) is 11.2. The van der Waals surface area contributed by atoms with Gasteiger partial charge in [0.15, 0.2) is 0 Å². The fraction of sp³-hybridized carbons (Fsp3) is 0.571. The lowest BCUT2D eigenvalue weighted by atomic mass is 9.85. The van der Waals surface area contributed by atoms with Gasteiger partial charge in [-0.2, -0.15) is 0 Å². The van der Waals surface area contributed by atoms with Crippen LogP contribution in [0.3, 0.4) is 0 Å². The first-order valence-electron chi connectivity index (χ1n) is 6.08. The lowest BCUT2D eigenvalue weighted by Crippen LogP contribution is -2.33. The molecule has 0 aliphatic heterocycles. The molecule has 0 saturated carbocycles. The smallest absolute Gasteiger partial charge is 0.126 e.